The molecule has 1 unspecified atom stereocenters. The molecule has 0 spiro atoms. The molecule has 0 fully saturated rings. The van der Waals surface area contributed by atoms with Crippen molar-refractivity contribution in [3.05, 3.63) is 53.6 Å². The van der Waals surface area contributed by atoms with Crippen molar-refractivity contribution < 1.29 is 14.3 Å². The summed E-state index contributed by atoms with van der Waals surface area (Å²) in [6.45, 7) is 4.53. The van der Waals surface area contributed by atoms with Gasteiger partial charge in [-0.15, -0.1) is 11.8 Å². The van der Waals surface area contributed by atoms with Gasteiger partial charge in [0.2, 0.25) is 5.91 Å². The van der Waals surface area contributed by atoms with E-state index in [0.717, 1.165) is 39.6 Å². The third-order valence-electron chi connectivity index (χ3n) is 4.36. The Morgan fingerprint density at radius 3 is 3.03 bits per heavy atom. The number of nitrogens with zero attached hydrogens (tertiary/aromatic N) is 1. The van der Waals surface area contributed by atoms with Crippen molar-refractivity contribution in [1.29, 1.82) is 5.26 Å². The summed E-state index contributed by atoms with van der Waals surface area (Å²) in [4.78, 5) is 13.4. The van der Waals surface area contributed by atoms with Crippen LogP contribution in [0, 0.1) is 11.3 Å². The van der Waals surface area contributed by atoms with E-state index in [-0.39, 0.29) is 12.0 Å². The van der Waals surface area contributed by atoms with Crippen LogP contribution < -0.4 is 14.8 Å². The third-order valence-corrected chi connectivity index (χ3v) is 5.43. The number of carbonyl (C=O) groups excluding carboxylic acids is 1. The number of carbonyl (C=O) groups is 1. The molecule has 1 atom stereocenters. The molecule has 0 radical (unpaired) electrons. The number of rotatable bonds is 8. The summed E-state index contributed by atoms with van der Waals surface area (Å²) in [5.74, 6) is 2.06. The molecule has 0 saturated carbocycles. The van der Waals surface area contributed by atoms with Crippen molar-refractivity contribution in [3.63, 3.8) is 0 Å². The van der Waals surface area contributed by atoms with Crippen LogP contribution in [0.25, 0.3) is 6.08 Å². The van der Waals surface area contributed by atoms with E-state index in [1.165, 1.54) is 6.08 Å². The SMILES string of the molecule is CCOc1cc2c(cc1C=CC(=O)Nc1ccccc1SCCC#N)OC(C)C2. The predicted octanol–water partition coefficient (Wildman–Crippen LogP) is 5.07. The van der Waals surface area contributed by atoms with Gasteiger partial charge in [-0.1, -0.05) is 12.1 Å². The molecule has 1 aliphatic heterocycles. The highest BCUT2D eigenvalue weighted by atomic mass is 32.2. The Labute approximate surface area is 175 Å². The Hall–Kier alpha value is -2.91. The molecule has 29 heavy (non-hydrogen) atoms. The van der Waals surface area contributed by atoms with Gasteiger partial charge in [-0.2, -0.15) is 5.26 Å². The molecule has 0 aliphatic carbocycles. The van der Waals surface area contributed by atoms with Gasteiger partial charge in [0, 0.05) is 40.7 Å². The van der Waals surface area contributed by atoms with Crippen molar-refractivity contribution >= 4 is 29.4 Å². The fourth-order valence-corrected chi connectivity index (χ4v) is 3.97. The lowest BCUT2D eigenvalue weighted by molar-refractivity contribution is -0.111. The Morgan fingerprint density at radius 1 is 1.41 bits per heavy atom. The van der Waals surface area contributed by atoms with Crippen LogP contribution in [0.1, 0.15) is 31.4 Å². The normalized spacial score (nSPS) is 14.9. The van der Waals surface area contributed by atoms with Gasteiger partial charge in [0.1, 0.15) is 17.6 Å². The quantitative estimate of drug-likeness (QED) is 0.375. The average molecular weight is 409 g/mol. The van der Waals surface area contributed by atoms with Crippen LogP contribution in [0.5, 0.6) is 11.5 Å². The molecule has 1 aliphatic rings. The minimum Gasteiger partial charge on any atom is -0.493 e. The van der Waals surface area contributed by atoms with Gasteiger partial charge in [-0.3, -0.25) is 4.79 Å². The monoisotopic (exact) mass is 408 g/mol. The first-order valence-corrected chi connectivity index (χ1v) is 10.6. The van der Waals surface area contributed by atoms with Gasteiger partial charge < -0.3 is 14.8 Å². The maximum absolute atomic E-state index is 12.5. The summed E-state index contributed by atoms with van der Waals surface area (Å²) < 4.78 is 11.6. The number of thioether (sulfide) groups is 1. The second-order valence-corrected chi connectivity index (χ2v) is 7.78. The van der Waals surface area contributed by atoms with E-state index in [4.69, 9.17) is 14.7 Å². The minimum atomic E-state index is -0.226. The van der Waals surface area contributed by atoms with E-state index in [0.29, 0.717) is 18.8 Å². The first kappa shape index (κ1) is 20.8. The Morgan fingerprint density at radius 2 is 2.24 bits per heavy atom. The fourth-order valence-electron chi connectivity index (χ4n) is 3.11. The first-order valence-electron chi connectivity index (χ1n) is 9.65. The lowest BCUT2D eigenvalue weighted by Crippen LogP contribution is -2.08. The maximum atomic E-state index is 12.5. The lowest BCUT2D eigenvalue weighted by Gasteiger charge is -2.10. The van der Waals surface area contributed by atoms with Crippen LogP contribution in [0.15, 0.2) is 47.4 Å². The summed E-state index contributed by atoms with van der Waals surface area (Å²) in [5.41, 5.74) is 2.68. The number of nitrogens with one attached hydrogen (secondary N) is 1. The van der Waals surface area contributed by atoms with Gasteiger partial charge >= 0.3 is 0 Å². The van der Waals surface area contributed by atoms with E-state index in [1.54, 1.807) is 17.8 Å². The largest absolute Gasteiger partial charge is 0.493 e. The average Bonchev–Trinajstić information content (AvgIpc) is 3.06. The summed E-state index contributed by atoms with van der Waals surface area (Å²) in [6.07, 6.45) is 4.72. The molecule has 1 amide bonds. The zero-order valence-electron chi connectivity index (χ0n) is 16.6. The highest BCUT2D eigenvalue weighted by Gasteiger charge is 2.21. The molecule has 0 bridgehead atoms. The molecule has 3 rings (SSSR count). The minimum absolute atomic E-state index is 0.150. The number of hydrogen-bond acceptors (Lipinski definition) is 5. The molecule has 2 aromatic rings. The Balaban J connectivity index is 1.73. The van der Waals surface area contributed by atoms with Crippen LogP contribution in [-0.4, -0.2) is 24.4 Å². The zero-order chi connectivity index (χ0) is 20.6. The fraction of sp³-hybridized carbons (Fsp3) is 0.304. The maximum Gasteiger partial charge on any atom is 0.248 e. The number of ether oxygens (including phenoxy) is 2. The lowest BCUT2D eigenvalue weighted by atomic mass is 10.1. The van der Waals surface area contributed by atoms with Gasteiger partial charge in [0.15, 0.2) is 0 Å². The van der Waals surface area contributed by atoms with Crippen LogP contribution in [0.4, 0.5) is 5.69 Å². The molecule has 0 saturated heterocycles. The number of amides is 1. The van der Waals surface area contributed by atoms with E-state index in [1.807, 2.05) is 50.2 Å². The standard InChI is InChI=1S/C23H24N2O3S/c1-3-27-20-15-18-13-16(2)28-21(18)14-17(20)9-10-23(26)25-19-7-4-5-8-22(19)29-12-6-11-24/h4-5,7-10,14-16H,3,6,12-13H2,1-2H3,(H,25,26). The van der Waals surface area contributed by atoms with Crippen LogP contribution in [-0.2, 0) is 11.2 Å². The summed E-state index contributed by atoms with van der Waals surface area (Å²) in [7, 11) is 0. The summed E-state index contributed by atoms with van der Waals surface area (Å²) >= 11 is 1.55. The van der Waals surface area contributed by atoms with Crippen LogP contribution in [0.2, 0.25) is 0 Å². The smallest absolute Gasteiger partial charge is 0.248 e. The van der Waals surface area contributed by atoms with E-state index in [2.05, 4.69) is 11.4 Å². The van der Waals surface area contributed by atoms with Crippen molar-refractivity contribution in [1.82, 2.24) is 0 Å². The van der Waals surface area contributed by atoms with E-state index < -0.39 is 0 Å². The number of fused-ring (bicyclic) bond motifs is 1. The highest BCUT2D eigenvalue weighted by Crippen LogP contribution is 2.35. The van der Waals surface area contributed by atoms with Gasteiger partial charge in [0.05, 0.1) is 18.4 Å². The predicted molar refractivity (Wildman–Crippen MR) is 116 cm³/mol. The number of benzene rings is 2. The van der Waals surface area contributed by atoms with Gasteiger partial charge in [0.25, 0.3) is 0 Å². The van der Waals surface area contributed by atoms with Gasteiger partial charge in [-0.25, -0.2) is 0 Å². The number of para-hydroxylation sites is 1. The third kappa shape index (κ3) is 5.55. The van der Waals surface area contributed by atoms with Crippen molar-refractivity contribution in [2.45, 2.75) is 37.7 Å². The van der Waals surface area contributed by atoms with Crippen LogP contribution in [0.3, 0.4) is 0 Å². The van der Waals surface area contributed by atoms with Crippen molar-refractivity contribution in [2.75, 3.05) is 17.7 Å². The number of nitriles is 1. The molecule has 1 heterocycles. The summed E-state index contributed by atoms with van der Waals surface area (Å²) in [6, 6.07) is 13.6. The number of anilines is 1. The second-order valence-electron chi connectivity index (χ2n) is 6.64. The second kappa shape index (κ2) is 10.0. The topological polar surface area (TPSA) is 71.3 Å². The molecule has 2 aromatic carbocycles. The molecular weight excluding hydrogens is 384 g/mol. The molecule has 5 nitrogen and oxygen atoms in total. The summed E-state index contributed by atoms with van der Waals surface area (Å²) in [5, 5.41) is 11.6. The Kier molecular flexibility index (Phi) is 7.20. The molecule has 1 N–H and O–H groups in total. The molecule has 0 aromatic heterocycles. The van der Waals surface area contributed by atoms with Crippen molar-refractivity contribution in [2.24, 2.45) is 0 Å². The Bertz CT molecular complexity index is 950. The van der Waals surface area contributed by atoms with E-state index in [9.17, 15) is 4.79 Å². The molecule has 6 heteroatoms. The molecular formula is C23H24N2O3S. The number of hydrogen-bond donors (Lipinski definition) is 1. The van der Waals surface area contributed by atoms with Crippen LogP contribution >= 0.6 is 11.8 Å². The zero-order valence-corrected chi connectivity index (χ0v) is 17.4. The van der Waals surface area contributed by atoms with E-state index >= 15 is 0 Å². The van der Waals surface area contributed by atoms with Crippen molar-refractivity contribution in [3.8, 4) is 17.6 Å². The highest BCUT2D eigenvalue weighted by molar-refractivity contribution is 7.99. The molecule has 150 valence electrons. The first-order chi connectivity index (χ1) is 14.1. The van der Waals surface area contributed by atoms with Gasteiger partial charge in [-0.05, 0) is 44.2 Å².